The Morgan fingerprint density at radius 1 is 0.897 bits per heavy atom. The topological polar surface area (TPSA) is 83.8 Å². The average molecular weight is 392 g/mol. The van der Waals surface area contributed by atoms with Crippen molar-refractivity contribution in [2.75, 3.05) is 24.1 Å². The first kappa shape index (κ1) is 17.7. The van der Waals surface area contributed by atoms with Gasteiger partial charge in [-0.1, -0.05) is 11.3 Å². The summed E-state index contributed by atoms with van der Waals surface area (Å²) in [7, 11) is 3.10. The fourth-order valence-electron chi connectivity index (χ4n) is 4.25. The Hall–Kier alpha value is -3.42. The SMILES string of the molecule is COc1cc(OC)cc(N2N=N[C@H]3C(=O)N(c4ccc5c(c4)CCC5)C(=O)[C@H]32)c1. The number of nitrogens with zero attached hydrogens (tertiary/aromatic N) is 4. The summed E-state index contributed by atoms with van der Waals surface area (Å²) >= 11 is 0. The third kappa shape index (κ3) is 2.66. The van der Waals surface area contributed by atoms with Crippen molar-refractivity contribution in [1.82, 2.24) is 0 Å². The number of rotatable bonds is 4. The number of anilines is 2. The molecule has 0 N–H and O–H groups in total. The number of imide groups is 1. The number of ether oxygens (including phenoxy) is 2. The van der Waals surface area contributed by atoms with Crippen LogP contribution in [0.4, 0.5) is 11.4 Å². The summed E-state index contributed by atoms with van der Waals surface area (Å²) in [5, 5.41) is 9.69. The molecule has 2 aromatic carbocycles. The van der Waals surface area contributed by atoms with E-state index in [-0.39, 0.29) is 11.8 Å². The monoisotopic (exact) mass is 392 g/mol. The van der Waals surface area contributed by atoms with E-state index >= 15 is 0 Å². The highest BCUT2D eigenvalue weighted by molar-refractivity contribution is 6.26. The van der Waals surface area contributed by atoms with Crippen LogP contribution in [0.1, 0.15) is 17.5 Å². The smallest absolute Gasteiger partial charge is 0.263 e. The van der Waals surface area contributed by atoms with Gasteiger partial charge in [-0.25, -0.2) is 9.91 Å². The molecule has 5 rings (SSSR count). The highest BCUT2D eigenvalue weighted by Crippen LogP contribution is 2.38. The molecule has 2 heterocycles. The van der Waals surface area contributed by atoms with Crippen molar-refractivity contribution in [3.05, 3.63) is 47.5 Å². The minimum absolute atomic E-state index is 0.329. The molecule has 0 bridgehead atoms. The maximum atomic E-state index is 13.3. The van der Waals surface area contributed by atoms with Crippen LogP contribution in [0.3, 0.4) is 0 Å². The van der Waals surface area contributed by atoms with Gasteiger partial charge in [0.1, 0.15) is 11.5 Å². The van der Waals surface area contributed by atoms with Gasteiger partial charge in [0.15, 0.2) is 12.1 Å². The molecule has 0 spiro atoms. The standard InChI is InChI=1S/C21H20N4O4/c1-28-16-9-15(10-17(11-16)29-2)25-19-18(22-23-25)20(26)24(21(19)27)14-7-6-12-4-3-5-13(12)8-14/h6-11,18-19H,3-5H2,1-2H3/t18-,19+/m1/s1. The van der Waals surface area contributed by atoms with Gasteiger partial charge in [-0.05, 0) is 42.5 Å². The molecule has 0 radical (unpaired) electrons. The molecule has 0 saturated carbocycles. The Balaban J connectivity index is 1.50. The molecule has 1 saturated heterocycles. The summed E-state index contributed by atoms with van der Waals surface area (Å²) in [6.45, 7) is 0. The number of benzene rings is 2. The first-order valence-corrected chi connectivity index (χ1v) is 9.53. The van der Waals surface area contributed by atoms with Crippen LogP contribution in [0.15, 0.2) is 46.7 Å². The minimum atomic E-state index is -0.854. The van der Waals surface area contributed by atoms with Gasteiger partial charge < -0.3 is 9.47 Å². The predicted octanol–water partition coefficient (Wildman–Crippen LogP) is 2.69. The summed E-state index contributed by atoms with van der Waals surface area (Å²) in [4.78, 5) is 27.5. The number of amides is 2. The first-order valence-electron chi connectivity index (χ1n) is 9.53. The molecular weight excluding hydrogens is 372 g/mol. The fraction of sp³-hybridized carbons (Fsp3) is 0.333. The van der Waals surface area contributed by atoms with Gasteiger partial charge in [-0.3, -0.25) is 9.59 Å². The number of methoxy groups -OCH3 is 2. The highest BCUT2D eigenvalue weighted by Gasteiger charge is 2.55. The van der Waals surface area contributed by atoms with Crippen LogP contribution in [0.5, 0.6) is 11.5 Å². The molecular formula is C21H20N4O4. The molecule has 148 valence electrons. The molecule has 2 atom stereocenters. The Bertz CT molecular complexity index is 1030. The number of fused-ring (bicyclic) bond motifs is 2. The zero-order valence-corrected chi connectivity index (χ0v) is 16.2. The van der Waals surface area contributed by atoms with Gasteiger partial charge in [-0.15, -0.1) is 0 Å². The van der Waals surface area contributed by atoms with Crippen molar-refractivity contribution in [2.45, 2.75) is 31.3 Å². The normalized spacial score (nSPS) is 22.3. The lowest BCUT2D eigenvalue weighted by molar-refractivity contribution is -0.121. The maximum Gasteiger partial charge on any atom is 0.263 e. The van der Waals surface area contributed by atoms with Crippen LogP contribution in [-0.2, 0) is 22.4 Å². The van der Waals surface area contributed by atoms with Gasteiger partial charge in [0.2, 0.25) is 0 Å². The third-order valence-electron chi connectivity index (χ3n) is 5.72. The molecule has 8 heteroatoms. The summed E-state index contributed by atoms with van der Waals surface area (Å²) in [6.07, 6.45) is 3.12. The summed E-state index contributed by atoms with van der Waals surface area (Å²) in [5.74, 6) is 0.444. The van der Waals surface area contributed by atoms with Gasteiger partial charge in [0.05, 0.1) is 25.6 Å². The lowest BCUT2D eigenvalue weighted by Crippen LogP contribution is -2.40. The highest BCUT2D eigenvalue weighted by atomic mass is 16.5. The molecule has 1 aliphatic carbocycles. The van der Waals surface area contributed by atoms with Crippen molar-refractivity contribution in [3.8, 4) is 11.5 Å². The number of aryl methyl sites for hydroxylation is 2. The van der Waals surface area contributed by atoms with Gasteiger partial charge >= 0.3 is 0 Å². The second kappa shape index (κ2) is 6.58. The third-order valence-corrected chi connectivity index (χ3v) is 5.72. The minimum Gasteiger partial charge on any atom is -0.497 e. The molecule has 0 aromatic heterocycles. The van der Waals surface area contributed by atoms with Crippen LogP contribution in [-0.4, -0.2) is 38.1 Å². The van der Waals surface area contributed by atoms with Gasteiger partial charge in [-0.2, -0.15) is 5.11 Å². The van der Waals surface area contributed by atoms with Gasteiger partial charge in [0, 0.05) is 18.2 Å². The Kier molecular flexibility index (Phi) is 4.01. The number of hydrogen-bond acceptors (Lipinski definition) is 7. The van der Waals surface area contributed by atoms with E-state index in [0.717, 1.165) is 19.3 Å². The average Bonchev–Trinajstić information content (AvgIpc) is 3.44. The predicted molar refractivity (Wildman–Crippen MR) is 105 cm³/mol. The van der Waals surface area contributed by atoms with E-state index < -0.39 is 12.1 Å². The molecule has 2 aromatic rings. The quantitative estimate of drug-likeness (QED) is 0.747. The van der Waals surface area contributed by atoms with E-state index in [4.69, 9.17) is 9.47 Å². The molecule has 3 aliphatic rings. The number of carbonyl (C=O) groups is 2. The number of carbonyl (C=O) groups excluding carboxylic acids is 2. The van der Waals surface area contributed by atoms with Gasteiger partial charge in [0.25, 0.3) is 11.8 Å². The maximum absolute atomic E-state index is 13.3. The second-order valence-corrected chi connectivity index (χ2v) is 7.33. The van der Waals surface area contributed by atoms with Crippen LogP contribution < -0.4 is 19.4 Å². The number of hydrogen-bond donors (Lipinski definition) is 0. The lowest BCUT2D eigenvalue weighted by atomic mass is 10.1. The molecule has 1 fully saturated rings. The first-order chi connectivity index (χ1) is 14.1. The molecule has 2 amide bonds. The van der Waals surface area contributed by atoms with Crippen LogP contribution >= 0.6 is 0 Å². The summed E-state index contributed by atoms with van der Waals surface area (Å²) in [6, 6.07) is 9.34. The molecule has 29 heavy (non-hydrogen) atoms. The van der Waals surface area contributed by atoms with E-state index in [1.165, 1.54) is 21.0 Å². The lowest BCUT2D eigenvalue weighted by Gasteiger charge is -2.21. The van der Waals surface area contributed by atoms with Crippen molar-refractivity contribution in [3.63, 3.8) is 0 Å². The van der Waals surface area contributed by atoms with E-state index in [1.807, 2.05) is 18.2 Å². The van der Waals surface area contributed by atoms with Crippen LogP contribution in [0.25, 0.3) is 0 Å². The van der Waals surface area contributed by atoms with E-state index in [0.29, 0.717) is 22.9 Å². The second-order valence-electron chi connectivity index (χ2n) is 7.33. The fourth-order valence-corrected chi connectivity index (χ4v) is 4.25. The summed E-state index contributed by atoms with van der Waals surface area (Å²) in [5.41, 5.74) is 3.68. The molecule has 8 nitrogen and oxygen atoms in total. The van der Waals surface area contributed by atoms with E-state index in [1.54, 1.807) is 32.4 Å². The van der Waals surface area contributed by atoms with Crippen LogP contribution in [0, 0.1) is 0 Å². The van der Waals surface area contributed by atoms with E-state index in [9.17, 15) is 9.59 Å². The zero-order chi connectivity index (χ0) is 20.1. The Morgan fingerprint density at radius 2 is 1.62 bits per heavy atom. The Labute approximate surface area is 167 Å². The molecule has 2 aliphatic heterocycles. The summed E-state index contributed by atoms with van der Waals surface area (Å²) < 4.78 is 10.6. The Morgan fingerprint density at radius 3 is 2.34 bits per heavy atom. The van der Waals surface area contributed by atoms with Crippen LogP contribution in [0.2, 0.25) is 0 Å². The van der Waals surface area contributed by atoms with E-state index in [2.05, 4.69) is 10.3 Å². The zero-order valence-electron chi connectivity index (χ0n) is 16.2. The van der Waals surface area contributed by atoms with Crippen molar-refractivity contribution < 1.29 is 19.1 Å². The largest absolute Gasteiger partial charge is 0.497 e. The molecule has 0 unspecified atom stereocenters. The van der Waals surface area contributed by atoms with Crippen molar-refractivity contribution >= 4 is 23.2 Å². The van der Waals surface area contributed by atoms with Crippen molar-refractivity contribution in [1.29, 1.82) is 0 Å². The van der Waals surface area contributed by atoms with Crippen molar-refractivity contribution in [2.24, 2.45) is 10.3 Å².